The maximum Gasteiger partial charge on any atom is 0.269 e. The first-order chi connectivity index (χ1) is 9.04. The van der Waals surface area contributed by atoms with Crippen molar-refractivity contribution in [3.63, 3.8) is 0 Å². The van der Waals surface area contributed by atoms with Crippen molar-refractivity contribution in [2.45, 2.75) is 38.6 Å². The lowest BCUT2D eigenvalue weighted by Gasteiger charge is -2.40. The summed E-state index contributed by atoms with van der Waals surface area (Å²) in [5.41, 5.74) is 1.99. The molecule has 1 aromatic rings. The summed E-state index contributed by atoms with van der Waals surface area (Å²) in [4.78, 5) is 12.8. The molecule has 2 atom stereocenters. The van der Waals surface area contributed by atoms with Crippen LogP contribution in [0, 0.1) is 16.0 Å². The second-order valence-electron chi connectivity index (χ2n) is 5.26. The molecule has 0 amide bonds. The number of alkyl halides is 1. The standard InChI is InChI=1S/C14H19ClN2O2/c1-10-4-3-7-16(11(10)2)14-6-5-13(17(18)19)8-12(14)9-15/h5-6,8,10-11H,3-4,7,9H2,1-2H3. The summed E-state index contributed by atoms with van der Waals surface area (Å²) in [6.45, 7) is 5.46. The van der Waals surface area contributed by atoms with Crippen molar-refractivity contribution in [1.29, 1.82) is 0 Å². The van der Waals surface area contributed by atoms with Crippen LogP contribution in [0.1, 0.15) is 32.3 Å². The van der Waals surface area contributed by atoms with Gasteiger partial charge in [-0.05, 0) is 37.3 Å². The SMILES string of the molecule is CC1CCCN(c2ccc([N+](=O)[O-])cc2CCl)C1C. The maximum atomic E-state index is 10.8. The molecule has 2 unspecified atom stereocenters. The highest BCUT2D eigenvalue weighted by Gasteiger charge is 2.26. The summed E-state index contributed by atoms with van der Waals surface area (Å²) < 4.78 is 0. The van der Waals surface area contributed by atoms with E-state index in [9.17, 15) is 10.1 Å². The van der Waals surface area contributed by atoms with Crippen LogP contribution in [0.2, 0.25) is 0 Å². The first-order valence-electron chi connectivity index (χ1n) is 6.64. The molecular formula is C14H19ClN2O2. The van der Waals surface area contributed by atoms with Crippen molar-refractivity contribution >= 4 is 23.0 Å². The minimum atomic E-state index is -0.373. The van der Waals surface area contributed by atoms with Gasteiger partial charge in [0, 0.05) is 36.3 Å². The number of nitro groups is 1. The Kier molecular flexibility index (Phi) is 4.30. The average Bonchev–Trinajstić information content (AvgIpc) is 2.41. The molecule has 0 N–H and O–H groups in total. The van der Waals surface area contributed by atoms with Gasteiger partial charge in [-0.3, -0.25) is 10.1 Å². The van der Waals surface area contributed by atoms with Gasteiger partial charge in [0.2, 0.25) is 0 Å². The van der Waals surface area contributed by atoms with Gasteiger partial charge in [-0.1, -0.05) is 6.92 Å². The normalized spacial score (nSPS) is 23.4. The van der Waals surface area contributed by atoms with Gasteiger partial charge in [-0.2, -0.15) is 0 Å². The quantitative estimate of drug-likeness (QED) is 0.479. The molecule has 1 aliphatic heterocycles. The molecule has 1 saturated heterocycles. The van der Waals surface area contributed by atoms with Crippen molar-refractivity contribution in [3.05, 3.63) is 33.9 Å². The Labute approximate surface area is 118 Å². The lowest BCUT2D eigenvalue weighted by Crippen LogP contribution is -2.42. The van der Waals surface area contributed by atoms with E-state index >= 15 is 0 Å². The Hall–Kier alpha value is -1.29. The van der Waals surface area contributed by atoms with Crippen molar-refractivity contribution in [2.75, 3.05) is 11.4 Å². The Balaban J connectivity index is 2.35. The van der Waals surface area contributed by atoms with E-state index in [0.29, 0.717) is 17.8 Å². The predicted molar refractivity (Wildman–Crippen MR) is 77.9 cm³/mol. The van der Waals surface area contributed by atoms with Gasteiger partial charge in [0.05, 0.1) is 4.92 Å². The summed E-state index contributed by atoms with van der Waals surface area (Å²) in [6, 6.07) is 5.44. The molecule has 0 bridgehead atoms. The summed E-state index contributed by atoms with van der Waals surface area (Å²) in [5.74, 6) is 0.932. The van der Waals surface area contributed by atoms with E-state index in [1.807, 2.05) is 6.07 Å². The van der Waals surface area contributed by atoms with Gasteiger partial charge in [0.25, 0.3) is 5.69 Å². The highest BCUT2D eigenvalue weighted by Crippen LogP contribution is 2.33. The molecule has 1 heterocycles. The van der Waals surface area contributed by atoms with Gasteiger partial charge < -0.3 is 4.90 Å². The molecular weight excluding hydrogens is 264 g/mol. The van der Waals surface area contributed by atoms with Crippen LogP contribution >= 0.6 is 11.6 Å². The van der Waals surface area contributed by atoms with Crippen molar-refractivity contribution < 1.29 is 4.92 Å². The highest BCUT2D eigenvalue weighted by atomic mass is 35.5. The topological polar surface area (TPSA) is 46.4 Å². The van der Waals surface area contributed by atoms with E-state index in [-0.39, 0.29) is 10.6 Å². The number of hydrogen-bond acceptors (Lipinski definition) is 3. The second kappa shape index (κ2) is 5.78. The fourth-order valence-corrected chi connectivity index (χ4v) is 2.96. The zero-order valence-corrected chi connectivity index (χ0v) is 12.1. The van der Waals surface area contributed by atoms with E-state index < -0.39 is 0 Å². The van der Waals surface area contributed by atoms with Crippen molar-refractivity contribution in [1.82, 2.24) is 0 Å². The van der Waals surface area contributed by atoms with Crippen LogP contribution in [-0.2, 0) is 5.88 Å². The van der Waals surface area contributed by atoms with Crippen LogP contribution < -0.4 is 4.90 Å². The number of halogens is 1. The van der Waals surface area contributed by atoms with Gasteiger partial charge >= 0.3 is 0 Å². The minimum absolute atomic E-state index is 0.108. The molecule has 1 aliphatic rings. The molecule has 0 spiro atoms. The van der Waals surface area contributed by atoms with Crippen LogP contribution in [0.15, 0.2) is 18.2 Å². The Bertz CT molecular complexity index is 479. The molecule has 0 saturated carbocycles. The predicted octanol–water partition coefficient (Wildman–Crippen LogP) is 3.96. The number of hydrogen-bond donors (Lipinski definition) is 0. The van der Waals surface area contributed by atoms with E-state index in [2.05, 4.69) is 18.7 Å². The first kappa shape index (κ1) is 14.1. The first-order valence-corrected chi connectivity index (χ1v) is 7.18. The number of non-ortho nitro benzene ring substituents is 1. The lowest BCUT2D eigenvalue weighted by molar-refractivity contribution is -0.384. The minimum Gasteiger partial charge on any atom is -0.368 e. The number of benzene rings is 1. The fraction of sp³-hybridized carbons (Fsp3) is 0.571. The second-order valence-corrected chi connectivity index (χ2v) is 5.52. The summed E-state index contributed by atoms with van der Waals surface area (Å²) >= 11 is 5.96. The third-order valence-electron chi connectivity index (χ3n) is 4.10. The molecule has 2 rings (SSSR count). The number of rotatable bonds is 3. The summed E-state index contributed by atoms with van der Waals surface area (Å²) in [5, 5.41) is 10.8. The van der Waals surface area contributed by atoms with Crippen LogP contribution in [0.3, 0.4) is 0 Å². The third kappa shape index (κ3) is 2.84. The van der Waals surface area contributed by atoms with Crippen molar-refractivity contribution in [2.24, 2.45) is 5.92 Å². The highest BCUT2D eigenvalue weighted by molar-refractivity contribution is 6.17. The summed E-state index contributed by atoms with van der Waals surface area (Å²) in [6.07, 6.45) is 2.39. The maximum absolute atomic E-state index is 10.8. The molecule has 19 heavy (non-hydrogen) atoms. The van der Waals surface area contributed by atoms with Crippen LogP contribution in [-0.4, -0.2) is 17.5 Å². The van der Waals surface area contributed by atoms with Crippen LogP contribution in [0.4, 0.5) is 11.4 Å². The molecule has 0 radical (unpaired) electrons. The monoisotopic (exact) mass is 282 g/mol. The summed E-state index contributed by atoms with van der Waals surface area (Å²) in [7, 11) is 0. The Morgan fingerprint density at radius 1 is 1.47 bits per heavy atom. The molecule has 4 nitrogen and oxygen atoms in total. The Morgan fingerprint density at radius 3 is 2.84 bits per heavy atom. The smallest absolute Gasteiger partial charge is 0.269 e. The van der Waals surface area contributed by atoms with Crippen LogP contribution in [0.5, 0.6) is 0 Å². The van der Waals surface area contributed by atoms with E-state index in [0.717, 1.165) is 24.2 Å². The number of anilines is 1. The largest absolute Gasteiger partial charge is 0.368 e. The van der Waals surface area contributed by atoms with E-state index in [4.69, 9.17) is 11.6 Å². The number of piperidine rings is 1. The molecule has 1 aromatic carbocycles. The molecule has 0 aromatic heterocycles. The van der Waals surface area contributed by atoms with Gasteiger partial charge in [0.15, 0.2) is 0 Å². The Morgan fingerprint density at radius 2 is 2.21 bits per heavy atom. The van der Waals surface area contributed by atoms with Gasteiger partial charge in [-0.15, -0.1) is 11.6 Å². The molecule has 104 valence electrons. The zero-order chi connectivity index (χ0) is 14.0. The molecule has 5 heteroatoms. The molecule has 0 aliphatic carbocycles. The number of nitro benzene ring substituents is 1. The van der Waals surface area contributed by atoms with Crippen LogP contribution in [0.25, 0.3) is 0 Å². The van der Waals surface area contributed by atoms with E-state index in [1.54, 1.807) is 12.1 Å². The van der Waals surface area contributed by atoms with Gasteiger partial charge in [0.1, 0.15) is 0 Å². The van der Waals surface area contributed by atoms with Gasteiger partial charge in [-0.25, -0.2) is 0 Å². The third-order valence-corrected chi connectivity index (χ3v) is 4.39. The molecule has 1 fully saturated rings. The lowest BCUT2D eigenvalue weighted by atomic mass is 9.91. The average molecular weight is 283 g/mol. The fourth-order valence-electron chi connectivity index (χ4n) is 2.75. The number of nitrogens with zero attached hydrogens (tertiary/aromatic N) is 2. The zero-order valence-electron chi connectivity index (χ0n) is 11.3. The van der Waals surface area contributed by atoms with E-state index in [1.165, 1.54) is 6.42 Å². The van der Waals surface area contributed by atoms with Crippen molar-refractivity contribution in [3.8, 4) is 0 Å².